The second-order valence-corrected chi connectivity index (χ2v) is 4.19. The summed E-state index contributed by atoms with van der Waals surface area (Å²) in [5.74, 6) is -0.394. The number of hydrogen-bond donors (Lipinski definition) is 1. The fraction of sp³-hybridized carbons (Fsp3) is 0.385. The van der Waals surface area contributed by atoms with Crippen molar-refractivity contribution in [2.24, 2.45) is 0 Å². The van der Waals surface area contributed by atoms with Crippen molar-refractivity contribution in [1.82, 2.24) is 0 Å². The first-order valence-corrected chi connectivity index (χ1v) is 5.70. The first-order chi connectivity index (χ1) is 8.54. The third kappa shape index (κ3) is 4.03. The van der Waals surface area contributed by atoms with Gasteiger partial charge in [-0.2, -0.15) is 4.79 Å². The Hall–Kier alpha value is -2.13. The number of nitrogens with zero attached hydrogens (tertiary/aromatic N) is 2. The van der Waals surface area contributed by atoms with Gasteiger partial charge in [-0.15, -0.1) is 0 Å². The van der Waals surface area contributed by atoms with Crippen molar-refractivity contribution in [3.8, 4) is 5.75 Å². The highest BCUT2D eigenvalue weighted by Gasteiger charge is 2.17. The number of ether oxygens (including phenoxy) is 1. The summed E-state index contributed by atoms with van der Waals surface area (Å²) in [6.45, 7) is 3.69. The molecule has 5 nitrogen and oxygen atoms in total. The Morgan fingerprint density at radius 1 is 1.50 bits per heavy atom. The normalized spacial score (nSPS) is 13.2. The minimum absolute atomic E-state index is 0.0556. The van der Waals surface area contributed by atoms with Crippen molar-refractivity contribution in [3.05, 3.63) is 35.4 Å². The SMILES string of the molecule is C[C@H](C[C@H](C)c1ccccc1O)OC(=O)C=[N+]=[N-]. The molecule has 0 aromatic heterocycles. The van der Waals surface area contributed by atoms with Crippen molar-refractivity contribution in [2.45, 2.75) is 32.3 Å². The fourth-order valence-electron chi connectivity index (χ4n) is 1.85. The number of phenolic OH excluding ortho intramolecular Hbond substituents is 1. The van der Waals surface area contributed by atoms with E-state index >= 15 is 0 Å². The minimum atomic E-state index is -0.686. The molecule has 5 heteroatoms. The summed E-state index contributed by atoms with van der Waals surface area (Å²) >= 11 is 0. The van der Waals surface area contributed by atoms with Crippen molar-refractivity contribution in [2.75, 3.05) is 0 Å². The van der Waals surface area contributed by atoms with Gasteiger partial charge in [0, 0.05) is 0 Å². The van der Waals surface area contributed by atoms with E-state index in [9.17, 15) is 9.90 Å². The number of phenols is 1. The molecule has 1 N–H and O–H groups in total. The van der Waals surface area contributed by atoms with E-state index in [0.717, 1.165) is 5.56 Å². The maximum atomic E-state index is 11.1. The van der Waals surface area contributed by atoms with Gasteiger partial charge in [0.1, 0.15) is 11.9 Å². The van der Waals surface area contributed by atoms with E-state index in [-0.39, 0.29) is 17.8 Å². The van der Waals surface area contributed by atoms with Crippen molar-refractivity contribution < 1.29 is 19.4 Å². The molecule has 0 radical (unpaired) electrons. The van der Waals surface area contributed by atoms with E-state index in [1.165, 1.54) is 0 Å². The van der Waals surface area contributed by atoms with Crippen LogP contribution in [0.2, 0.25) is 0 Å². The molecule has 0 spiro atoms. The number of hydrogen-bond acceptors (Lipinski definition) is 3. The molecular formula is C13H16N2O3. The largest absolute Gasteiger partial charge is 0.508 e. The molecule has 2 atom stereocenters. The highest BCUT2D eigenvalue weighted by atomic mass is 16.5. The van der Waals surface area contributed by atoms with Gasteiger partial charge < -0.3 is 15.4 Å². The lowest BCUT2D eigenvalue weighted by atomic mass is 9.94. The van der Waals surface area contributed by atoms with E-state index in [1.807, 2.05) is 19.1 Å². The monoisotopic (exact) mass is 248 g/mol. The number of benzene rings is 1. The zero-order valence-corrected chi connectivity index (χ0v) is 10.4. The molecule has 0 unspecified atom stereocenters. The van der Waals surface area contributed by atoms with Crippen LogP contribution in [0.1, 0.15) is 31.7 Å². The first kappa shape index (κ1) is 13.9. The van der Waals surface area contributed by atoms with Crippen LogP contribution >= 0.6 is 0 Å². The third-order valence-electron chi connectivity index (χ3n) is 2.63. The van der Waals surface area contributed by atoms with Gasteiger partial charge in [0.15, 0.2) is 0 Å². The number of carbonyl (C=O) groups is 1. The molecule has 1 rings (SSSR count). The molecule has 0 bridgehead atoms. The van der Waals surface area contributed by atoms with Crippen LogP contribution in [0.25, 0.3) is 5.53 Å². The molecule has 0 heterocycles. The Labute approximate surface area is 106 Å². The molecule has 0 fully saturated rings. The Morgan fingerprint density at radius 2 is 2.17 bits per heavy atom. The van der Waals surface area contributed by atoms with E-state index in [1.54, 1.807) is 19.1 Å². The predicted octanol–water partition coefficient (Wildman–Crippen LogP) is 2.12. The quantitative estimate of drug-likeness (QED) is 0.375. The van der Waals surface area contributed by atoms with Crippen LogP contribution in [-0.2, 0) is 9.53 Å². The van der Waals surface area contributed by atoms with Gasteiger partial charge in [-0.3, -0.25) is 0 Å². The summed E-state index contributed by atoms with van der Waals surface area (Å²) in [7, 11) is 0. The first-order valence-electron chi connectivity index (χ1n) is 5.70. The molecular weight excluding hydrogens is 232 g/mol. The smallest absolute Gasteiger partial charge is 0.413 e. The average molecular weight is 248 g/mol. The molecule has 0 saturated carbocycles. The zero-order chi connectivity index (χ0) is 13.5. The Bertz CT molecular complexity index is 467. The summed E-state index contributed by atoms with van der Waals surface area (Å²) in [5.41, 5.74) is 9.00. The molecule has 0 aliphatic heterocycles. The van der Waals surface area contributed by atoms with Gasteiger partial charge in [-0.1, -0.05) is 25.1 Å². The van der Waals surface area contributed by atoms with Crippen molar-refractivity contribution in [1.29, 1.82) is 0 Å². The number of rotatable bonds is 5. The molecule has 1 aromatic carbocycles. The van der Waals surface area contributed by atoms with E-state index < -0.39 is 5.97 Å². The van der Waals surface area contributed by atoms with Crippen LogP contribution in [0, 0.1) is 0 Å². The third-order valence-corrected chi connectivity index (χ3v) is 2.63. The van der Waals surface area contributed by atoms with E-state index in [4.69, 9.17) is 10.3 Å². The zero-order valence-electron chi connectivity index (χ0n) is 10.4. The summed E-state index contributed by atoms with van der Waals surface area (Å²) < 4.78 is 4.99. The predicted molar refractivity (Wildman–Crippen MR) is 66.4 cm³/mol. The molecule has 18 heavy (non-hydrogen) atoms. The van der Waals surface area contributed by atoms with E-state index in [2.05, 4.69) is 4.79 Å². The van der Waals surface area contributed by atoms with Gasteiger partial charge >= 0.3 is 12.2 Å². The second-order valence-electron chi connectivity index (χ2n) is 4.19. The van der Waals surface area contributed by atoms with Crippen LogP contribution in [-0.4, -0.2) is 28.2 Å². The Morgan fingerprint density at radius 3 is 2.78 bits per heavy atom. The lowest BCUT2D eigenvalue weighted by molar-refractivity contribution is -0.143. The summed E-state index contributed by atoms with van der Waals surface area (Å²) in [6.07, 6.45) is 0.953. The summed E-state index contributed by atoms with van der Waals surface area (Å²) in [6, 6.07) is 7.07. The fourth-order valence-corrected chi connectivity index (χ4v) is 1.85. The minimum Gasteiger partial charge on any atom is -0.508 e. The number of aromatic hydroxyl groups is 1. The van der Waals surface area contributed by atoms with E-state index in [0.29, 0.717) is 12.6 Å². The molecule has 96 valence electrons. The molecule has 1 aromatic rings. The average Bonchev–Trinajstić information content (AvgIpc) is 2.29. The Balaban J connectivity index is 2.59. The maximum absolute atomic E-state index is 11.1. The number of esters is 1. The molecule has 0 saturated heterocycles. The van der Waals surface area contributed by atoms with Crippen LogP contribution < -0.4 is 0 Å². The van der Waals surface area contributed by atoms with Gasteiger partial charge in [0.05, 0.1) is 0 Å². The van der Waals surface area contributed by atoms with Gasteiger partial charge in [0.25, 0.3) is 0 Å². The number of para-hydroxylation sites is 1. The highest BCUT2D eigenvalue weighted by molar-refractivity contribution is 6.20. The van der Waals surface area contributed by atoms with Crippen LogP contribution in [0.4, 0.5) is 0 Å². The van der Waals surface area contributed by atoms with Crippen LogP contribution in [0.3, 0.4) is 0 Å². The Kier molecular flexibility index (Phi) is 5.08. The summed E-state index contributed by atoms with van der Waals surface area (Å²) in [5, 5.41) is 9.70. The number of carbonyl (C=O) groups excluding carboxylic acids is 1. The van der Waals surface area contributed by atoms with Crippen LogP contribution in [0.5, 0.6) is 5.75 Å². The van der Waals surface area contributed by atoms with Crippen molar-refractivity contribution >= 4 is 12.2 Å². The van der Waals surface area contributed by atoms with Gasteiger partial charge in [-0.25, -0.2) is 4.79 Å². The molecule has 0 aliphatic carbocycles. The van der Waals surface area contributed by atoms with Crippen LogP contribution in [0.15, 0.2) is 24.3 Å². The lowest BCUT2D eigenvalue weighted by Crippen LogP contribution is -2.18. The molecule has 0 aliphatic rings. The lowest BCUT2D eigenvalue weighted by Gasteiger charge is -2.17. The molecule has 0 amide bonds. The van der Waals surface area contributed by atoms with Gasteiger partial charge in [-0.05, 0) is 30.9 Å². The van der Waals surface area contributed by atoms with Gasteiger partial charge in [0.2, 0.25) is 0 Å². The maximum Gasteiger partial charge on any atom is 0.413 e. The highest BCUT2D eigenvalue weighted by Crippen LogP contribution is 2.28. The van der Waals surface area contributed by atoms with Crippen molar-refractivity contribution in [3.63, 3.8) is 0 Å². The second kappa shape index (κ2) is 6.57. The standard InChI is InChI=1S/C13H16N2O3/c1-9(11-5-3-4-6-12(11)16)7-10(2)18-13(17)8-15-14/h3-6,8-10,16H,7H2,1-2H3/t9-,10+/m0/s1. The topological polar surface area (TPSA) is 82.9 Å². The summed E-state index contributed by atoms with van der Waals surface area (Å²) in [4.78, 5) is 13.7.